The minimum atomic E-state index is 0.156. The third-order valence-electron chi connectivity index (χ3n) is 4.28. The van der Waals surface area contributed by atoms with Crippen LogP contribution in [0.25, 0.3) is 0 Å². The van der Waals surface area contributed by atoms with Crippen LogP contribution < -0.4 is 5.73 Å². The van der Waals surface area contributed by atoms with Crippen LogP contribution in [-0.2, 0) is 10.2 Å². The van der Waals surface area contributed by atoms with E-state index in [-0.39, 0.29) is 5.41 Å². The van der Waals surface area contributed by atoms with Crippen molar-refractivity contribution in [1.82, 2.24) is 0 Å². The summed E-state index contributed by atoms with van der Waals surface area (Å²) in [6, 6.07) is 4.48. The molecule has 1 aromatic heterocycles. The molecule has 3 rings (SSSR count). The first-order valence-corrected chi connectivity index (χ1v) is 6.18. The number of hydrogen-bond donors (Lipinski definition) is 1. The van der Waals surface area contributed by atoms with Gasteiger partial charge in [-0.1, -0.05) is 0 Å². The van der Waals surface area contributed by atoms with E-state index in [1.165, 1.54) is 12.8 Å². The molecule has 0 atom stereocenters. The van der Waals surface area contributed by atoms with Crippen LogP contribution in [0.1, 0.15) is 31.4 Å². The SMILES string of the molecule is NC1CCC(C2(c3ccco3)COC2)CC1. The van der Waals surface area contributed by atoms with Crippen LogP contribution in [0.15, 0.2) is 22.8 Å². The largest absolute Gasteiger partial charge is 0.469 e. The molecule has 2 heterocycles. The van der Waals surface area contributed by atoms with Crippen molar-refractivity contribution in [1.29, 1.82) is 0 Å². The highest BCUT2D eigenvalue weighted by Crippen LogP contribution is 2.45. The van der Waals surface area contributed by atoms with Gasteiger partial charge in [0, 0.05) is 6.04 Å². The Labute approximate surface area is 96.0 Å². The Bertz CT molecular complexity index is 335. The minimum absolute atomic E-state index is 0.156. The molecule has 0 unspecified atom stereocenters. The molecule has 3 nitrogen and oxygen atoms in total. The highest BCUT2D eigenvalue weighted by Gasteiger charge is 2.49. The van der Waals surface area contributed by atoms with E-state index in [0.29, 0.717) is 12.0 Å². The van der Waals surface area contributed by atoms with Crippen molar-refractivity contribution in [3.8, 4) is 0 Å². The molecule has 0 aromatic carbocycles. The third-order valence-corrected chi connectivity index (χ3v) is 4.28. The average Bonchev–Trinajstić information content (AvgIpc) is 2.73. The van der Waals surface area contributed by atoms with Crippen LogP contribution in [0, 0.1) is 5.92 Å². The maximum absolute atomic E-state index is 5.96. The van der Waals surface area contributed by atoms with E-state index in [1.54, 1.807) is 6.26 Å². The maximum Gasteiger partial charge on any atom is 0.114 e. The molecule has 2 fully saturated rings. The molecule has 2 N–H and O–H groups in total. The van der Waals surface area contributed by atoms with Gasteiger partial charge in [-0.15, -0.1) is 0 Å². The zero-order chi connectivity index (χ0) is 11.0. The monoisotopic (exact) mass is 221 g/mol. The van der Waals surface area contributed by atoms with E-state index in [4.69, 9.17) is 14.9 Å². The third kappa shape index (κ3) is 1.50. The smallest absolute Gasteiger partial charge is 0.114 e. The summed E-state index contributed by atoms with van der Waals surface area (Å²) in [6.07, 6.45) is 6.49. The first kappa shape index (κ1) is 10.4. The lowest BCUT2D eigenvalue weighted by molar-refractivity contribution is -0.108. The Morgan fingerprint density at radius 2 is 1.94 bits per heavy atom. The summed E-state index contributed by atoms with van der Waals surface area (Å²) in [6.45, 7) is 1.64. The van der Waals surface area contributed by atoms with Crippen LogP contribution in [0.4, 0.5) is 0 Å². The van der Waals surface area contributed by atoms with Gasteiger partial charge in [0.05, 0.1) is 24.9 Å². The standard InChI is InChI=1S/C13H19NO2/c14-11-5-3-10(4-6-11)13(8-15-9-13)12-2-1-7-16-12/h1-2,7,10-11H,3-6,8-9,14H2. The summed E-state index contributed by atoms with van der Waals surface area (Å²) in [5.74, 6) is 1.80. The Balaban J connectivity index is 1.80. The Kier molecular flexibility index (Phi) is 2.52. The summed E-state index contributed by atoms with van der Waals surface area (Å²) >= 11 is 0. The lowest BCUT2D eigenvalue weighted by atomic mass is 9.65. The Morgan fingerprint density at radius 3 is 2.44 bits per heavy atom. The molecule has 0 radical (unpaired) electrons. The fourth-order valence-corrected chi connectivity index (χ4v) is 3.13. The summed E-state index contributed by atoms with van der Waals surface area (Å²) in [5.41, 5.74) is 6.12. The van der Waals surface area contributed by atoms with Crippen molar-refractivity contribution >= 4 is 0 Å². The highest BCUT2D eigenvalue weighted by molar-refractivity contribution is 5.20. The van der Waals surface area contributed by atoms with Gasteiger partial charge in [0.1, 0.15) is 5.76 Å². The number of nitrogens with two attached hydrogens (primary N) is 1. The maximum atomic E-state index is 5.96. The predicted octanol–water partition coefficient (Wildman–Crippen LogP) is 2.07. The first-order chi connectivity index (χ1) is 7.81. The zero-order valence-electron chi connectivity index (χ0n) is 9.52. The van der Waals surface area contributed by atoms with Crippen molar-refractivity contribution in [3.05, 3.63) is 24.2 Å². The van der Waals surface area contributed by atoms with Gasteiger partial charge in [-0.2, -0.15) is 0 Å². The molecule has 1 aliphatic heterocycles. The van der Waals surface area contributed by atoms with Gasteiger partial charge in [-0.3, -0.25) is 0 Å². The molecule has 16 heavy (non-hydrogen) atoms. The quantitative estimate of drug-likeness (QED) is 0.831. The van der Waals surface area contributed by atoms with Gasteiger partial charge >= 0.3 is 0 Å². The molecule has 1 aromatic rings. The summed E-state index contributed by atoms with van der Waals surface area (Å²) in [5, 5.41) is 0. The zero-order valence-corrected chi connectivity index (χ0v) is 9.52. The molecule has 1 aliphatic carbocycles. The molecule has 88 valence electrons. The normalized spacial score (nSPS) is 33.3. The van der Waals surface area contributed by atoms with Crippen molar-refractivity contribution in [2.75, 3.05) is 13.2 Å². The van der Waals surface area contributed by atoms with Crippen LogP contribution in [-0.4, -0.2) is 19.3 Å². The van der Waals surface area contributed by atoms with Crippen LogP contribution in [0.2, 0.25) is 0 Å². The van der Waals surface area contributed by atoms with E-state index in [0.717, 1.165) is 31.8 Å². The number of furan rings is 1. The van der Waals surface area contributed by atoms with Gasteiger partial charge in [-0.25, -0.2) is 0 Å². The van der Waals surface area contributed by atoms with Crippen LogP contribution >= 0.6 is 0 Å². The summed E-state index contributed by atoms with van der Waals surface area (Å²) < 4.78 is 11.1. The summed E-state index contributed by atoms with van der Waals surface area (Å²) in [7, 11) is 0. The van der Waals surface area contributed by atoms with Gasteiger partial charge in [0.15, 0.2) is 0 Å². The minimum Gasteiger partial charge on any atom is -0.469 e. The van der Waals surface area contributed by atoms with Crippen LogP contribution in [0.3, 0.4) is 0 Å². The molecule has 1 saturated carbocycles. The predicted molar refractivity (Wildman–Crippen MR) is 61.1 cm³/mol. The number of rotatable bonds is 2. The van der Waals surface area contributed by atoms with Gasteiger partial charge < -0.3 is 14.9 Å². The van der Waals surface area contributed by atoms with Gasteiger partial charge in [0.2, 0.25) is 0 Å². The number of hydrogen-bond acceptors (Lipinski definition) is 3. The van der Waals surface area contributed by atoms with E-state index in [1.807, 2.05) is 6.07 Å². The fraction of sp³-hybridized carbons (Fsp3) is 0.692. The molecular weight excluding hydrogens is 202 g/mol. The van der Waals surface area contributed by atoms with Crippen molar-refractivity contribution in [3.63, 3.8) is 0 Å². The molecule has 1 saturated heterocycles. The molecule has 2 aliphatic rings. The van der Waals surface area contributed by atoms with Crippen LogP contribution in [0.5, 0.6) is 0 Å². The molecule has 0 amide bonds. The van der Waals surface area contributed by atoms with Crippen molar-refractivity contribution in [2.45, 2.75) is 37.1 Å². The highest BCUT2D eigenvalue weighted by atomic mass is 16.5. The molecule has 3 heteroatoms. The summed E-state index contributed by atoms with van der Waals surface area (Å²) in [4.78, 5) is 0. The molecular formula is C13H19NO2. The van der Waals surface area contributed by atoms with Crippen molar-refractivity contribution < 1.29 is 9.15 Å². The topological polar surface area (TPSA) is 48.4 Å². The molecule has 0 spiro atoms. The van der Waals surface area contributed by atoms with Gasteiger partial charge in [-0.05, 0) is 43.7 Å². The second kappa shape index (κ2) is 3.90. The average molecular weight is 221 g/mol. The van der Waals surface area contributed by atoms with E-state index >= 15 is 0 Å². The second-order valence-corrected chi connectivity index (χ2v) is 5.24. The number of ether oxygens (including phenoxy) is 1. The first-order valence-electron chi connectivity index (χ1n) is 6.18. The second-order valence-electron chi connectivity index (χ2n) is 5.24. The lowest BCUT2D eigenvalue weighted by Gasteiger charge is -2.47. The Morgan fingerprint density at radius 1 is 1.19 bits per heavy atom. The molecule has 0 bridgehead atoms. The van der Waals surface area contributed by atoms with E-state index in [2.05, 4.69) is 6.07 Å². The van der Waals surface area contributed by atoms with Crippen molar-refractivity contribution in [2.24, 2.45) is 11.7 Å². The van der Waals surface area contributed by atoms with E-state index < -0.39 is 0 Å². The fourth-order valence-electron chi connectivity index (χ4n) is 3.13. The lowest BCUT2D eigenvalue weighted by Crippen LogP contribution is -2.53. The van der Waals surface area contributed by atoms with E-state index in [9.17, 15) is 0 Å². The Hall–Kier alpha value is -0.800. The van der Waals surface area contributed by atoms with Gasteiger partial charge in [0.25, 0.3) is 0 Å².